The van der Waals surface area contributed by atoms with E-state index in [0.717, 1.165) is 0 Å². The molecule has 0 aliphatic carbocycles. The molecule has 0 saturated heterocycles. The number of aliphatic carboxylic acids is 1. The Hall–Kier alpha value is 0.860. The second-order valence-electron chi connectivity index (χ2n) is 2.05. The molecule has 0 aromatic heterocycles. The summed E-state index contributed by atoms with van der Waals surface area (Å²) in [5.41, 5.74) is 7.38. The van der Waals surface area contributed by atoms with Gasteiger partial charge in [0.25, 0.3) is 0 Å². The van der Waals surface area contributed by atoms with Crippen molar-refractivity contribution in [2.45, 2.75) is 12.8 Å². The summed E-state index contributed by atoms with van der Waals surface area (Å²) in [4.78, 5) is 25.0. The van der Waals surface area contributed by atoms with Crippen LogP contribution in [-0.4, -0.2) is 89.2 Å². The van der Waals surface area contributed by atoms with E-state index < -0.39 is 11.9 Å². The van der Waals surface area contributed by atoms with Crippen LogP contribution in [0.5, 0.6) is 0 Å². The van der Waals surface area contributed by atoms with Gasteiger partial charge in [-0.1, -0.05) is 0 Å². The maximum atomic E-state index is 10.6. The Balaban J connectivity index is -0.000000605. The summed E-state index contributed by atoms with van der Waals surface area (Å²) in [5.74, 6) is -1.61. The molecule has 0 atom stereocenters. The summed E-state index contributed by atoms with van der Waals surface area (Å²) >= 11 is 0. The normalized spacial score (nSPS) is 8.07. The van der Waals surface area contributed by atoms with Gasteiger partial charge in [0, 0.05) is 13.1 Å². The zero-order chi connectivity index (χ0) is 9.40. The van der Waals surface area contributed by atoms with Crippen molar-refractivity contribution >= 4 is 71.1 Å². The fraction of sp³-hybridized carbons (Fsp3) is 0.667. The molecule has 8 heteroatoms. The maximum absolute atomic E-state index is 10.6. The summed E-state index contributed by atoms with van der Waals surface area (Å²) in [7, 11) is 0. The molecule has 74 valence electrons. The summed E-state index contributed by atoms with van der Waals surface area (Å²) in [6, 6.07) is 0. The number of hydrogen-bond acceptors (Lipinski definition) is 5. The van der Waals surface area contributed by atoms with Crippen LogP contribution in [0.15, 0.2) is 0 Å². The third kappa shape index (κ3) is 15.3. The zero-order valence-corrected chi connectivity index (χ0v) is 6.58. The Morgan fingerprint density at radius 2 is 1.86 bits per heavy atom. The van der Waals surface area contributed by atoms with E-state index in [0.29, 0.717) is 13.1 Å². The van der Waals surface area contributed by atoms with Gasteiger partial charge < -0.3 is 15.7 Å². The number of carboxylic acids is 1. The Kier molecular flexibility index (Phi) is 20.1. The van der Waals surface area contributed by atoms with Gasteiger partial charge in [-0.15, -0.1) is 0 Å². The first-order valence-corrected chi connectivity index (χ1v) is 3.51. The second-order valence-corrected chi connectivity index (χ2v) is 2.05. The molecule has 0 amide bonds. The van der Waals surface area contributed by atoms with Crippen molar-refractivity contribution in [1.82, 2.24) is 5.48 Å². The average Bonchev–Trinajstić information content (AvgIpc) is 2.01. The van der Waals surface area contributed by atoms with E-state index in [1.165, 1.54) is 0 Å². The first kappa shape index (κ1) is 20.3. The molecule has 14 heavy (non-hydrogen) atoms. The zero-order valence-electron chi connectivity index (χ0n) is 6.58. The van der Waals surface area contributed by atoms with Gasteiger partial charge in [-0.3, -0.25) is 9.59 Å². The van der Waals surface area contributed by atoms with Crippen LogP contribution >= 0.6 is 0 Å². The van der Waals surface area contributed by atoms with Crippen LogP contribution in [0.3, 0.4) is 0 Å². The number of nitrogens with two attached hydrogens (primary N) is 1. The molecule has 0 fully saturated rings. The van der Waals surface area contributed by atoms with Crippen molar-refractivity contribution in [1.29, 1.82) is 0 Å². The summed E-state index contributed by atoms with van der Waals surface area (Å²) < 4.78 is 0. The van der Waals surface area contributed by atoms with E-state index in [-0.39, 0.29) is 72.0 Å². The summed E-state index contributed by atoms with van der Waals surface area (Å²) in [6.45, 7) is 0.713. The Morgan fingerprint density at radius 1 is 1.29 bits per heavy atom. The van der Waals surface area contributed by atoms with Crippen LogP contribution < -0.4 is 11.2 Å². The number of hydrogen-bond donors (Lipinski definition) is 3. The van der Waals surface area contributed by atoms with Crippen molar-refractivity contribution in [2.75, 3.05) is 13.1 Å². The van der Waals surface area contributed by atoms with E-state index in [2.05, 4.69) is 10.3 Å². The molecule has 0 aromatic rings. The average molecular weight is 224 g/mol. The number of hydroxylamine groups is 1. The SMILES string of the molecule is NCCNOC(=O)CCC(=O)O.[NaH].[NaH]. The molecule has 4 N–H and O–H groups in total. The van der Waals surface area contributed by atoms with Crippen molar-refractivity contribution in [3.05, 3.63) is 0 Å². The van der Waals surface area contributed by atoms with Gasteiger partial charge in [0.05, 0.1) is 12.8 Å². The van der Waals surface area contributed by atoms with E-state index >= 15 is 0 Å². The Morgan fingerprint density at radius 3 is 2.29 bits per heavy atom. The van der Waals surface area contributed by atoms with Crippen molar-refractivity contribution in [3.8, 4) is 0 Å². The first-order valence-electron chi connectivity index (χ1n) is 3.51. The van der Waals surface area contributed by atoms with E-state index in [4.69, 9.17) is 10.8 Å². The fourth-order valence-electron chi connectivity index (χ4n) is 0.450. The molecule has 0 unspecified atom stereocenters. The van der Waals surface area contributed by atoms with Crippen molar-refractivity contribution < 1.29 is 19.5 Å². The van der Waals surface area contributed by atoms with Gasteiger partial charge in [-0.25, -0.2) is 0 Å². The monoisotopic (exact) mass is 224 g/mol. The van der Waals surface area contributed by atoms with Gasteiger partial charge in [-0.05, 0) is 0 Å². The molecule has 0 rings (SSSR count). The minimum absolute atomic E-state index is 0. The molecule has 0 saturated carbocycles. The predicted molar refractivity (Wildman–Crippen MR) is 54.3 cm³/mol. The molecule has 0 heterocycles. The van der Waals surface area contributed by atoms with Crippen LogP contribution in [0.4, 0.5) is 0 Å². The summed E-state index contributed by atoms with van der Waals surface area (Å²) in [6.07, 6.45) is -0.351. The number of carbonyl (C=O) groups excluding carboxylic acids is 1. The molecule has 0 radical (unpaired) electrons. The fourth-order valence-corrected chi connectivity index (χ4v) is 0.450. The third-order valence-corrected chi connectivity index (χ3v) is 0.975. The molecular weight excluding hydrogens is 210 g/mol. The van der Waals surface area contributed by atoms with Crippen LogP contribution in [0.2, 0.25) is 0 Å². The predicted octanol–water partition coefficient (Wildman–Crippen LogP) is -2.44. The van der Waals surface area contributed by atoms with E-state index in [1.807, 2.05) is 0 Å². The van der Waals surface area contributed by atoms with Crippen molar-refractivity contribution in [2.24, 2.45) is 5.73 Å². The summed E-state index contributed by atoms with van der Waals surface area (Å²) in [5, 5.41) is 8.19. The number of carboxylic acid groups (broad SMARTS) is 1. The number of carbonyl (C=O) groups is 2. The molecular formula is C6H14N2Na2O4. The number of nitrogens with one attached hydrogen (secondary N) is 1. The van der Waals surface area contributed by atoms with Gasteiger partial charge in [-0.2, -0.15) is 5.48 Å². The van der Waals surface area contributed by atoms with E-state index in [1.54, 1.807) is 0 Å². The molecule has 0 spiro atoms. The van der Waals surface area contributed by atoms with Gasteiger partial charge >= 0.3 is 71.1 Å². The third-order valence-electron chi connectivity index (χ3n) is 0.975. The van der Waals surface area contributed by atoms with Gasteiger partial charge in [0.15, 0.2) is 0 Å². The topological polar surface area (TPSA) is 102 Å². The Bertz CT molecular complexity index is 168. The van der Waals surface area contributed by atoms with Crippen LogP contribution in [0.25, 0.3) is 0 Å². The molecule has 0 aliphatic heterocycles. The molecule has 0 bridgehead atoms. The van der Waals surface area contributed by atoms with E-state index in [9.17, 15) is 9.59 Å². The van der Waals surface area contributed by atoms with Gasteiger partial charge in [0.2, 0.25) is 0 Å². The number of rotatable bonds is 6. The van der Waals surface area contributed by atoms with Gasteiger partial charge in [0.1, 0.15) is 0 Å². The molecule has 0 aliphatic rings. The Labute approximate surface area is 126 Å². The second kappa shape index (κ2) is 13.9. The molecule has 0 aromatic carbocycles. The first-order chi connectivity index (χ1) is 5.66. The standard InChI is InChI=1S/C6H12N2O4.2Na.2H/c7-3-4-8-12-6(11)2-1-5(9)10;;;;/h8H,1-4,7H2,(H,9,10);;;;. The molecule has 6 nitrogen and oxygen atoms in total. The van der Waals surface area contributed by atoms with Crippen LogP contribution in [-0.2, 0) is 14.4 Å². The quantitative estimate of drug-likeness (QED) is 0.263. The van der Waals surface area contributed by atoms with Crippen molar-refractivity contribution in [3.63, 3.8) is 0 Å². The van der Waals surface area contributed by atoms with Crippen LogP contribution in [0.1, 0.15) is 12.8 Å². The minimum atomic E-state index is -1.02. The van der Waals surface area contributed by atoms with Crippen LogP contribution in [0, 0.1) is 0 Å².